The Morgan fingerprint density at radius 3 is 1.39 bits per heavy atom. The van der Waals surface area contributed by atoms with E-state index in [-0.39, 0.29) is 10.8 Å². The van der Waals surface area contributed by atoms with Crippen molar-refractivity contribution in [1.29, 1.82) is 0 Å². The molecule has 0 aliphatic carbocycles. The Labute approximate surface area is 373 Å². The molecule has 0 unspecified atom stereocenters. The molecule has 0 saturated heterocycles. The van der Waals surface area contributed by atoms with Crippen LogP contribution in [0.3, 0.4) is 0 Å². The van der Waals surface area contributed by atoms with Gasteiger partial charge in [0.1, 0.15) is 11.2 Å². The third-order valence-electron chi connectivity index (χ3n) is 12.6. The Balaban J connectivity index is 1.24. The van der Waals surface area contributed by atoms with Gasteiger partial charge in [-0.3, -0.25) is 0 Å². The summed E-state index contributed by atoms with van der Waals surface area (Å²) >= 11 is 0. The van der Waals surface area contributed by atoms with Crippen LogP contribution in [0.5, 0.6) is 0 Å². The molecule has 11 aromatic rings. The van der Waals surface area contributed by atoms with E-state index in [4.69, 9.17) is 19.4 Å². The maximum absolute atomic E-state index is 6.56. The van der Waals surface area contributed by atoms with Crippen molar-refractivity contribution in [2.45, 2.75) is 52.4 Å². The van der Waals surface area contributed by atoms with Crippen LogP contribution >= 0.6 is 0 Å². The van der Waals surface area contributed by atoms with Crippen LogP contribution < -0.4 is 0 Å². The van der Waals surface area contributed by atoms with Crippen LogP contribution in [-0.4, -0.2) is 19.5 Å². The smallest absolute Gasteiger partial charge is 0.167 e. The number of benzene rings is 8. The topological polar surface area (TPSA) is 56.7 Å². The van der Waals surface area contributed by atoms with Crippen molar-refractivity contribution >= 4 is 43.7 Å². The van der Waals surface area contributed by atoms with Crippen molar-refractivity contribution in [3.8, 4) is 62.1 Å². The van der Waals surface area contributed by atoms with E-state index < -0.39 is 0 Å². The highest BCUT2D eigenvalue weighted by Crippen LogP contribution is 2.45. The highest BCUT2D eigenvalue weighted by Gasteiger charge is 2.26. The molecule has 0 radical (unpaired) electrons. The van der Waals surface area contributed by atoms with Crippen molar-refractivity contribution in [3.63, 3.8) is 0 Å². The van der Waals surface area contributed by atoms with Gasteiger partial charge in [-0.1, -0.05) is 175 Å². The fraction of sp³-hybridized carbons (Fsp3) is 0.136. The molecule has 0 fully saturated rings. The first-order chi connectivity index (χ1) is 31.0. The second-order valence-corrected chi connectivity index (χ2v) is 18.9. The summed E-state index contributed by atoms with van der Waals surface area (Å²) in [5.41, 5.74) is 14.5. The van der Waals surface area contributed by atoms with Gasteiger partial charge < -0.3 is 8.98 Å². The number of aromatic nitrogens is 4. The normalized spacial score (nSPS) is 12.2. The van der Waals surface area contributed by atoms with Gasteiger partial charge in [0.2, 0.25) is 0 Å². The number of fused-ring (bicyclic) bond motifs is 6. The lowest BCUT2D eigenvalue weighted by Gasteiger charge is -2.22. The summed E-state index contributed by atoms with van der Waals surface area (Å²) in [6, 6.07) is 64.6. The largest absolute Gasteiger partial charge is 0.455 e. The summed E-state index contributed by atoms with van der Waals surface area (Å²) in [7, 11) is 0. The molecule has 64 heavy (non-hydrogen) atoms. The van der Waals surface area contributed by atoms with Crippen LogP contribution in [0.2, 0.25) is 0 Å². The molecule has 0 aliphatic rings. The van der Waals surface area contributed by atoms with Crippen LogP contribution in [0.1, 0.15) is 52.7 Å². The fourth-order valence-corrected chi connectivity index (χ4v) is 9.14. The average Bonchev–Trinajstić information content (AvgIpc) is 3.86. The van der Waals surface area contributed by atoms with Gasteiger partial charge in [0.25, 0.3) is 0 Å². The first-order valence-corrected chi connectivity index (χ1v) is 22.1. The van der Waals surface area contributed by atoms with Crippen LogP contribution in [-0.2, 0) is 10.8 Å². The number of para-hydroxylation sites is 2. The number of hydrogen-bond donors (Lipinski definition) is 0. The van der Waals surface area contributed by atoms with Crippen molar-refractivity contribution in [1.82, 2.24) is 19.5 Å². The van der Waals surface area contributed by atoms with Gasteiger partial charge in [-0.15, -0.1) is 0 Å². The number of furan rings is 1. The molecule has 0 atom stereocenters. The lowest BCUT2D eigenvalue weighted by atomic mass is 9.85. The van der Waals surface area contributed by atoms with Crippen LogP contribution in [0.4, 0.5) is 0 Å². The van der Waals surface area contributed by atoms with Gasteiger partial charge in [0.15, 0.2) is 17.5 Å². The minimum absolute atomic E-state index is 0.0196. The van der Waals surface area contributed by atoms with E-state index in [2.05, 4.69) is 186 Å². The Hall–Kier alpha value is -7.63. The SMILES string of the molecule is CC(C)(C)c1ccc2c(c1)c1cc(C(C)(C)C)ccc1n2-c1c(-c2ccccc2)cc(-c2nc(-c3ccccc3)nc(-c3cccc4c3oc3ccccc34)n2)cc1-c1ccccc1. The first kappa shape index (κ1) is 39.2. The van der Waals surface area contributed by atoms with Gasteiger partial charge in [-0.05, 0) is 81.6 Å². The zero-order valence-corrected chi connectivity index (χ0v) is 37.0. The van der Waals surface area contributed by atoms with E-state index in [9.17, 15) is 0 Å². The highest BCUT2D eigenvalue weighted by atomic mass is 16.3. The first-order valence-electron chi connectivity index (χ1n) is 22.1. The predicted molar refractivity (Wildman–Crippen MR) is 266 cm³/mol. The summed E-state index contributed by atoms with van der Waals surface area (Å²) in [5.74, 6) is 1.71. The average molecular weight is 829 g/mol. The Morgan fingerprint density at radius 1 is 0.375 bits per heavy atom. The Morgan fingerprint density at radius 2 is 0.844 bits per heavy atom. The van der Waals surface area contributed by atoms with Crippen molar-refractivity contribution in [3.05, 3.63) is 193 Å². The second-order valence-electron chi connectivity index (χ2n) is 18.9. The van der Waals surface area contributed by atoms with E-state index >= 15 is 0 Å². The molecule has 310 valence electrons. The van der Waals surface area contributed by atoms with Crippen LogP contribution in [0.25, 0.3) is 106 Å². The maximum Gasteiger partial charge on any atom is 0.167 e. The third kappa shape index (κ3) is 6.76. The molecule has 0 saturated carbocycles. The van der Waals surface area contributed by atoms with E-state index in [1.54, 1.807) is 0 Å². The van der Waals surface area contributed by atoms with Gasteiger partial charge in [-0.2, -0.15) is 0 Å². The highest BCUT2D eigenvalue weighted by molar-refractivity contribution is 6.12. The molecule has 8 aromatic carbocycles. The van der Waals surface area contributed by atoms with E-state index in [0.29, 0.717) is 17.5 Å². The molecule has 5 nitrogen and oxygen atoms in total. The van der Waals surface area contributed by atoms with Crippen molar-refractivity contribution < 1.29 is 4.42 Å². The molecule has 11 rings (SSSR count). The van der Waals surface area contributed by atoms with Gasteiger partial charge in [-0.25, -0.2) is 15.0 Å². The van der Waals surface area contributed by atoms with E-state index in [1.165, 1.54) is 21.9 Å². The number of nitrogens with zero attached hydrogens (tertiary/aromatic N) is 4. The molecule has 0 aliphatic heterocycles. The summed E-state index contributed by atoms with van der Waals surface area (Å²) in [4.78, 5) is 15.8. The fourth-order valence-electron chi connectivity index (χ4n) is 9.14. The lowest BCUT2D eigenvalue weighted by molar-refractivity contribution is 0.590. The van der Waals surface area contributed by atoms with Gasteiger partial charge in [0.05, 0.1) is 22.3 Å². The molecule has 3 heterocycles. The molecular formula is C59H48N4O. The van der Waals surface area contributed by atoms with E-state index in [1.807, 2.05) is 42.5 Å². The zero-order chi connectivity index (χ0) is 43.7. The molecular weight excluding hydrogens is 781 g/mol. The molecule has 0 spiro atoms. The molecule has 0 amide bonds. The third-order valence-corrected chi connectivity index (χ3v) is 12.6. The molecule has 0 bridgehead atoms. The minimum atomic E-state index is -0.0196. The van der Waals surface area contributed by atoms with Gasteiger partial charge in [0, 0.05) is 43.8 Å². The Kier molecular flexibility index (Phi) is 9.21. The number of rotatable bonds is 6. The van der Waals surface area contributed by atoms with Crippen LogP contribution in [0.15, 0.2) is 186 Å². The predicted octanol–water partition coefficient (Wildman–Crippen LogP) is 15.8. The van der Waals surface area contributed by atoms with E-state index in [0.717, 1.165) is 77.6 Å². The summed E-state index contributed by atoms with van der Waals surface area (Å²) in [5, 5.41) is 4.56. The summed E-state index contributed by atoms with van der Waals surface area (Å²) in [6.45, 7) is 13.8. The Bertz CT molecular complexity index is 3420. The number of hydrogen-bond acceptors (Lipinski definition) is 4. The quantitative estimate of drug-likeness (QED) is 0.168. The van der Waals surface area contributed by atoms with Gasteiger partial charge >= 0.3 is 0 Å². The lowest BCUT2D eigenvalue weighted by Crippen LogP contribution is -2.10. The zero-order valence-electron chi connectivity index (χ0n) is 37.0. The second kappa shape index (κ2) is 15.0. The maximum atomic E-state index is 6.56. The standard InChI is InChI=1S/C59H48N4O/c1-58(2,3)41-29-31-50-48(35-41)49-36-42(59(4,5)6)30-32-51(49)63(50)53-46(37-19-10-7-11-20-37)33-40(34-47(53)38-21-12-8-13-22-38)56-60-55(39-23-14-9-15-24-39)61-57(62-56)45-27-18-26-44-43-25-16-17-28-52(43)64-54(44)45/h7-36H,1-6H3. The van der Waals surface area contributed by atoms with Crippen LogP contribution in [0, 0.1) is 0 Å². The summed E-state index contributed by atoms with van der Waals surface area (Å²) < 4.78 is 9.05. The molecule has 5 heteroatoms. The minimum Gasteiger partial charge on any atom is -0.455 e. The summed E-state index contributed by atoms with van der Waals surface area (Å²) in [6.07, 6.45) is 0. The molecule has 3 aromatic heterocycles. The van der Waals surface area contributed by atoms with Crippen molar-refractivity contribution in [2.75, 3.05) is 0 Å². The van der Waals surface area contributed by atoms with Crippen molar-refractivity contribution in [2.24, 2.45) is 0 Å². The monoisotopic (exact) mass is 828 g/mol. The molecule has 0 N–H and O–H groups in total.